The number of rotatable bonds is 1. The molecule has 1 saturated heterocycles. The average Bonchev–Trinajstić information content (AvgIpc) is 2.29. The van der Waals surface area contributed by atoms with Gasteiger partial charge in [0, 0.05) is 26.2 Å². The van der Waals surface area contributed by atoms with E-state index in [0.717, 1.165) is 31.7 Å². The van der Waals surface area contributed by atoms with Crippen LogP contribution in [0.25, 0.3) is 0 Å². The van der Waals surface area contributed by atoms with E-state index < -0.39 is 0 Å². The van der Waals surface area contributed by atoms with Crippen molar-refractivity contribution in [2.24, 2.45) is 0 Å². The second-order valence-corrected chi connectivity index (χ2v) is 4.43. The lowest BCUT2D eigenvalue weighted by Crippen LogP contribution is -2.46. The maximum Gasteiger partial charge on any atom is 0.255 e. The van der Waals surface area contributed by atoms with Gasteiger partial charge in [-0.3, -0.25) is 4.79 Å². The molecule has 1 amide bonds. The molecule has 3 nitrogen and oxygen atoms in total. The highest BCUT2D eigenvalue weighted by Crippen LogP contribution is 2.19. The van der Waals surface area contributed by atoms with Gasteiger partial charge < -0.3 is 10.2 Å². The number of carbonyl (C=O) groups excluding carboxylic acids is 1. The van der Waals surface area contributed by atoms with E-state index in [4.69, 9.17) is 11.6 Å². The number of nitrogens with zero attached hydrogens (tertiary/aromatic N) is 1. The van der Waals surface area contributed by atoms with Crippen molar-refractivity contribution < 1.29 is 4.79 Å². The van der Waals surface area contributed by atoms with Crippen molar-refractivity contribution in [1.29, 1.82) is 0 Å². The molecule has 1 N–H and O–H groups in total. The van der Waals surface area contributed by atoms with Gasteiger partial charge in [-0.2, -0.15) is 0 Å². The Kier molecular flexibility index (Phi) is 3.46. The van der Waals surface area contributed by atoms with Crippen molar-refractivity contribution in [3.8, 4) is 0 Å². The molecule has 0 atom stereocenters. The molecule has 0 radical (unpaired) electrons. The van der Waals surface area contributed by atoms with Crippen molar-refractivity contribution in [2.45, 2.75) is 6.92 Å². The largest absolute Gasteiger partial charge is 0.336 e. The predicted molar refractivity (Wildman–Crippen MR) is 65.0 cm³/mol. The summed E-state index contributed by atoms with van der Waals surface area (Å²) in [7, 11) is 0. The number of amides is 1. The van der Waals surface area contributed by atoms with Gasteiger partial charge in [0.15, 0.2) is 0 Å². The molecule has 1 aliphatic rings. The number of hydrogen-bond acceptors (Lipinski definition) is 2. The molecule has 0 spiro atoms. The highest BCUT2D eigenvalue weighted by Gasteiger charge is 2.19. The molecule has 0 aliphatic carbocycles. The minimum absolute atomic E-state index is 0.0338. The molecule has 2 rings (SSSR count). The number of benzene rings is 1. The Labute approximate surface area is 100 Å². The number of piperazine rings is 1. The number of nitrogens with one attached hydrogen (secondary N) is 1. The smallest absolute Gasteiger partial charge is 0.255 e. The molecule has 1 aromatic rings. The third-order valence-corrected chi connectivity index (χ3v) is 3.07. The van der Waals surface area contributed by atoms with Gasteiger partial charge in [0.25, 0.3) is 5.91 Å². The zero-order chi connectivity index (χ0) is 11.5. The summed E-state index contributed by atoms with van der Waals surface area (Å²) in [5, 5.41) is 3.76. The first-order valence-electron chi connectivity index (χ1n) is 5.44. The van der Waals surface area contributed by atoms with Crippen LogP contribution < -0.4 is 5.32 Å². The second kappa shape index (κ2) is 4.85. The van der Waals surface area contributed by atoms with Crippen LogP contribution in [0.2, 0.25) is 5.02 Å². The summed E-state index contributed by atoms with van der Waals surface area (Å²) >= 11 is 6.08. The summed E-state index contributed by atoms with van der Waals surface area (Å²) in [6.45, 7) is 5.18. The molecule has 4 heteroatoms. The summed E-state index contributed by atoms with van der Waals surface area (Å²) in [5.41, 5.74) is 1.68. The fourth-order valence-electron chi connectivity index (χ4n) is 1.83. The van der Waals surface area contributed by atoms with Crippen molar-refractivity contribution in [3.63, 3.8) is 0 Å². The third kappa shape index (κ3) is 2.36. The molecule has 0 unspecified atom stereocenters. The lowest BCUT2D eigenvalue weighted by molar-refractivity contribution is 0.0736. The maximum absolute atomic E-state index is 12.1. The number of hydrogen-bond donors (Lipinski definition) is 1. The Morgan fingerprint density at radius 1 is 1.38 bits per heavy atom. The lowest BCUT2D eigenvalue weighted by Gasteiger charge is -2.27. The first kappa shape index (κ1) is 11.4. The van der Waals surface area contributed by atoms with Crippen molar-refractivity contribution in [1.82, 2.24) is 10.2 Å². The number of aryl methyl sites for hydroxylation is 1. The molecule has 16 heavy (non-hydrogen) atoms. The SMILES string of the molecule is Cc1ccc(C(=O)N2CCNCC2)c(Cl)c1. The Hall–Kier alpha value is -1.06. The molecule has 1 heterocycles. The molecule has 1 aromatic carbocycles. The van der Waals surface area contributed by atoms with Crippen LogP contribution in [0.1, 0.15) is 15.9 Å². The highest BCUT2D eigenvalue weighted by atomic mass is 35.5. The standard InChI is InChI=1S/C12H15ClN2O/c1-9-2-3-10(11(13)8-9)12(16)15-6-4-14-5-7-15/h2-3,8,14H,4-7H2,1H3. The van der Waals surface area contributed by atoms with Crippen LogP contribution in [0, 0.1) is 6.92 Å². The maximum atomic E-state index is 12.1. The van der Waals surface area contributed by atoms with Crippen LogP contribution in [0.3, 0.4) is 0 Å². The van der Waals surface area contributed by atoms with E-state index in [1.54, 1.807) is 0 Å². The summed E-state index contributed by atoms with van der Waals surface area (Å²) < 4.78 is 0. The predicted octanol–water partition coefficient (Wildman–Crippen LogP) is 1.69. The Bertz CT molecular complexity index is 400. The first-order chi connectivity index (χ1) is 7.68. The van der Waals surface area contributed by atoms with Gasteiger partial charge in [0.05, 0.1) is 10.6 Å². The molecular weight excluding hydrogens is 224 g/mol. The van der Waals surface area contributed by atoms with Gasteiger partial charge in [-0.1, -0.05) is 17.7 Å². The normalized spacial score (nSPS) is 16.2. The van der Waals surface area contributed by atoms with Crippen molar-refractivity contribution in [3.05, 3.63) is 34.3 Å². The van der Waals surface area contributed by atoms with Crippen LogP contribution >= 0.6 is 11.6 Å². The van der Waals surface area contributed by atoms with Crippen LogP contribution in [-0.2, 0) is 0 Å². The fraction of sp³-hybridized carbons (Fsp3) is 0.417. The Balaban J connectivity index is 2.19. The van der Waals surface area contributed by atoms with E-state index in [9.17, 15) is 4.79 Å². The molecule has 0 aromatic heterocycles. The summed E-state index contributed by atoms with van der Waals surface area (Å²) in [4.78, 5) is 14.0. The van der Waals surface area contributed by atoms with E-state index in [2.05, 4.69) is 5.32 Å². The van der Waals surface area contributed by atoms with Gasteiger partial charge in [0.2, 0.25) is 0 Å². The molecular formula is C12H15ClN2O. The van der Waals surface area contributed by atoms with Crippen LogP contribution in [0.4, 0.5) is 0 Å². The summed E-state index contributed by atoms with van der Waals surface area (Å²) in [6, 6.07) is 5.56. The van der Waals surface area contributed by atoms with Gasteiger partial charge >= 0.3 is 0 Å². The topological polar surface area (TPSA) is 32.3 Å². The van der Waals surface area contributed by atoms with Gasteiger partial charge in [-0.25, -0.2) is 0 Å². The number of halogens is 1. The fourth-order valence-corrected chi connectivity index (χ4v) is 2.15. The molecule has 86 valence electrons. The summed E-state index contributed by atoms with van der Waals surface area (Å²) in [5.74, 6) is 0.0338. The van der Waals surface area contributed by atoms with E-state index in [0.29, 0.717) is 10.6 Å². The van der Waals surface area contributed by atoms with E-state index >= 15 is 0 Å². The molecule has 0 saturated carbocycles. The zero-order valence-corrected chi connectivity index (χ0v) is 10.0. The van der Waals surface area contributed by atoms with Gasteiger partial charge in [-0.15, -0.1) is 0 Å². The number of carbonyl (C=O) groups is 1. The van der Waals surface area contributed by atoms with Crippen LogP contribution in [0.5, 0.6) is 0 Å². The molecule has 1 fully saturated rings. The highest BCUT2D eigenvalue weighted by molar-refractivity contribution is 6.33. The van der Waals surface area contributed by atoms with Crippen molar-refractivity contribution >= 4 is 17.5 Å². The lowest BCUT2D eigenvalue weighted by atomic mass is 10.1. The van der Waals surface area contributed by atoms with Crippen molar-refractivity contribution in [2.75, 3.05) is 26.2 Å². The van der Waals surface area contributed by atoms with Crippen LogP contribution in [-0.4, -0.2) is 37.0 Å². The van der Waals surface area contributed by atoms with E-state index in [1.165, 1.54) is 0 Å². The monoisotopic (exact) mass is 238 g/mol. The van der Waals surface area contributed by atoms with Gasteiger partial charge in [-0.05, 0) is 24.6 Å². The zero-order valence-electron chi connectivity index (χ0n) is 9.29. The minimum Gasteiger partial charge on any atom is -0.336 e. The average molecular weight is 239 g/mol. The van der Waals surface area contributed by atoms with Gasteiger partial charge in [0.1, 0.15) is 0 Å². The molecule has 0 bridgehead atoms. The molecule has 1 aliphatic heterocycles. The van der Waals surface area contributed by atoms with E-state index in [1.807, 2.05) is 30.0 Å². The van der Waals surface area contributed by atoms with Crippen LogP contribution in [0.15, 0.2) is 18.2 Å². The second-order valence-electron chi connectivity index (χ2n) is 4.03. The summed E-state index contributed by atoms with van der Waals surface area (Å²) in [6.07, 6.45) is 0. The first-order valence-corrected chi connectivity index (χ1v) is 5.82. The quantitative estimate of drug-likeness (QED) is 0.808. The Morgan fingerprint density at radius 3 is 2.69 bits per heavy atom. The third-order valence-electron chi connectivity index (χ3n) is 2.76. The minimum atomic E-state index is 0.0338. The Morgan fingerprint density at radius 2 is 2.06 bits per heavy atom. The van der Waals surface area contributed by atoms with E-state index in [-0.39, 0.29) is 5.91 Å².